The van der Waals surface area contributed by atoms with E-state index in [1.165, 1.54) is 24.6 Å². The van der Waals surface area contributed by atoms with Crippen molar-refractivity contribution >= 4 is 23.4 Å². The standard InChI is InChI=1S/C13H18N2O2S/c16-13(17)11-1-3-12(4-2-11)14-5-6-15-7-9-18-10-8-15/h1-4,14H,5-10H2,(H,16,17). The predicted molar refractivity (Wildman–Crippen MR) is 75.7 cm³/mol. The minimum atomic E-state index is -0.882. The quantitative estimate of drug-likeness (QED) is 0.852. The van der Waals surface area contributed by atoms with Gasteiger partial charge in [-0.1, -0.05) is 0 Å². The lowest BCUT2D eigenvalue weighted by Crippen LogP contribution is -2.36. The molecule has 0 radical (unpaired) electrons. The number of nitrogens with zero attached hydrogens (tertiary/aromatic N) is 1. The molecule has 0 bridgehead atoms. The van der Waals surface area contributed by atoms with Gasteiger partial charge in [-0.3, -0.25) is 4.90 Å². The maximum Gasteiger partial charge on any atom is 0.335 e. The van der Waals surface area contributed by atoms with Gasteiger partial charge in [0.1, 0.15) is 0 Å². The Bertz CT molecular complexity index is 388. The second-order valence-corrected chi connectivity index (χ2v) is 5.49. The highest BCUT2D eigenvalue weighted by Crippen LogP contribution is 2.11. The van der Waals surface area contributed by atoms with E-state index in [0.717, 1.165) is 18.8 Å². The molecule has 5 heteroatoms. The average Bonchev–Trinajstić information content (AvgIpc) is 2.40. The Hall–Kier alpha value is -1.20. The molecule has 1 fully saturated rings. The summed E-state index contributed by atoms with van der Waals surface area (Å²) in [4.78, 5) is 13.2. The Kier molecular flexibility index (Phi) is 4.90. The molecule has 2 rings (SSSR count). The average molecular weight is 266 g/mol. The summed E-state index contributed by atoms with van der Waals surface area (Å²) in [6.45, 7) is 4.28. The van der Waals surface area contributed by atoms with Crippen molar-refractivity contribution in [3.8, 4) is 0 Å². The highest BCUT2D eigenvalue weighted by atomic mass is 32.2. The number of aromatic carboxylic acids is 1. The van der Waals surface area contributed by atoms with Gasteiger partial charge in [0.15, 0.2) is 0 Å². The second-order valence-electron chi connectivity index (χ2n) is 4.26. The molecular weight excluding hydrogens is 248 g/mol. The molecule has 1 aliphatic heterocycles. The summed E-state index contributed by atoms with van der Waals surface area (Å²) in [5, 5.41) is 12.1. The lowest BCUT2D eigenvalue weighted by Gasteiger charge is -2.26. The van der Waals surface area contributed by atoms with Crippen molar-refractivity contribution in [2.75, 3.05) is 43.0 Å². The summed E-state index contributed by atoms with van der Waals surface area (Å²) in [5.74, 6) is 1.58. The number of anilines is 1. The Morgan fingerprint density at radius 2 is 1.94 bits per heavy atom. The van der Waals surface area contributed by atoms with E-state index in [-0.39, 0.29) is 0 Å². The molecule has 1 saturated heterocycles. The van der Waals surface area contributed by atoms with E-state index in [4.69, 9.17) is 5.11 Å². The Balaban J connectivity index is 1.74. The van der Waals surface area contributed by atoms with Crippen LogP contribution in [0.1, 0.15) is 10.4 Å². The van der Waals surface area contributed by atoms with E-state index < -0.39 is 5.97 Å². The van der Waals surface area contributed by atoms with Gasteiger partial charge in [0.25, 0.3) is 0 Å². The van der Waals surface area contributed by atoms with Crippen LogP contribution in [0.2, 0.25) is 0 Å². The Labute approximate surface area is 111 Å². The molecule has 4 nitrogen and oxygen atoms in total. The molecule has 1 aromatic carbocycles. The SMILES string of the molecule is O=C(O)c1ccc(NCCN2CCSCC2)cc1. The number of hydrogen-bond donors (Lipinski definition) is 2. The van der Waals surface area contributed by atoms with E-state index >= 15 is 0 Å². The summed E-state index contributed by atoms with van der Waals surface area (Å²) in [6, 6.07) is 6.88. The van der Waals surface area contributed by atoms with Crippen molar-refractivity contribution in [3.05, 3.63) is 29.8 Å². The van der Waals surface area contributed by atoms with E-state index in [0.29, 0.717) is 5.56 Å². The number of carboxylic acids is 1. The molecular formula is C13H18N2O2S. The van der Waals surface area contributed by atoms with Gasteiger partial charge in [-0.05, 0) is 24.3 Å². The summed E-state index contributed by atoms with van der Waals surface area (Å²) in [6.07, 6.45) is 0. The largest absolute Gasteiger partial charge is 0.478 e. The molecule has 1 heterocycles. The minimum absolute atomic E-state index is 0.327. The molecule has 1 aliphatic rings. The lowest BCUT2D eigenvalue weighted by atomic mass is 10.2. The third kappa shape index (κ3) is 3.92. The van der Waals surface area contributed by atoms with Crippen LogP contribution in [-0.4, -0.2) is 53.7 Å². The monoisotopic (exact) mass is 266 g/mol. The summed E-state index contributed by atoms with van der Waals surface area (Å²) in [5.41, 5.74) is 1.31. The zero-order valence-corrected chi connectivity index (χ0v) is 11.1. The third-order valence-electron chi connectivity index (χ3n) is 2.99. The van der Waals surface area contributed by atoms with Crippen LogP contribution in [0.15, 0.2) is 24.3 Å². The van der Waals surface area contributed by atoms with Gasteiger partial charge in [0.05, 0.1) is 5.56 Å². The van der Waals surface area contributed by atoms with Crippen molar-refractivity contribution in [2.24, 2.45) is 0 Å². The van der Waals surface area contributed by atoms with Crippen LogP contribution in [0.5, 0.6) is 0 Å². The van der Waals surface area contributed by atoms with Crippen LogP contribution in [0.3, 0.4) is 0 Å². The fourth-order valence-electron chi connectivity index (χ4n) is 1.91. The van der Waals surface area contributed by atoms with E-state index in [9.17, 15) is 4.79 Å². The van der Waals surface area contributed by atoms with E-state index in [2.05, 4.69) is 10.2 Å². The molecule has 18 heavy (non-hydrogen) atoms. The lowest BCUT2D eigenvalue weighted by molar-refractivity contribution is 0.0697. The van der Waals surface area contributed by atoms with Gasteiger partial charge in [0.2, 0.25) is 0 Å². The van der Waals surface area contributed by atoms with Crippen LogP contribution < -0.4 is 5.32 Å². The van der Waals surface area contributed by atoms with Crippen LogP contribution in [-0.2, 0) is 0 Å². The molecule has 0 unspecified atom stereocenters. The molecule has 0 saturated carbocycles. The molecule has 98 valence electrons. The summed E-state index contributed by atoms with van der Waals surface area (Å²) in [7, 11) is 0. The van der Waals surface area contributed by atoms with Gasteiger partial charge in [-0.25, -0.2) is 4.79 Å². The zero-order valence-electron chi connectivity index (χ0n) is 10.3. The fraction of sp³-hybridized carbons (Fsp3) is 0.462. The second kappa shape index (κ2) is 6.66. The third-order valence-corrected chi connectivity index (χ3v) is 3.94. The van der Waals surface area contributed by atoms with Gasteiger partial charge in [-0.15, -0.1) is 0 Å². The number of carbonyl (C=O) groups is 1. The van der Waals surface area contributed by atoms with E-state index in [1.807, 2.05) is 23.9 Å². The first kappa shape index (κ1) is 13.2. The van der Waals surface area contributed by atoms with Crippen LogP contribution in [0.25, 0.3) is 0 Å². The molecule has 2 N–H and O–H groups in total. The van der Waals surface area contributed by atoms with Crippen molar-refractivity contribution in [1.29, 1.82) is 0 Å². The molecule has 0 aliphatic carbocycles. The maximum absolute atomic E-state index is 10.7. The molecule has 0 spiro atoms. The van der Waals surface area contributed by atoms with Crippen molar-refractivity contribution in [2.45, 2.75) is 0 Å². The molecule has 1 aromatic rings. The number of carboxylic acid groups (broad SMARTS) is 1. The number of hydrogen-bond acceptors (Lipinski definition) is 4. The van der Waals surface area contributed by atoms with Crippen molar-refractivity contribution in [3.63, 3.8) is 0 Å². The first-order valence-corrected chi connectivity index (χ1v) is 7.28. The molecule has 0 atom stereocenters. The van der Waals surface area contributed by atoms with Crippen LogP contribution in [0, 0.1) is 0 Å². The normalized spacial score (nSPS) is 16.4. The fourth-order valence-corrected chi connectivity index (χ4v) is 2.89. The predicted octanol–water partition coefficient (Wildman–Crippen LogP) is 1.85. The first-order valence-electron chi connectivity index (χ1n) is 6.13. The Morgan fingerprint density at radius 1 is 1.28 bits per heavy atom. The smallest absolute Gasteiger partial charge is 0.335 e. The Morgan fingerprint density at radius 3 is 2.56 bits per heavy atom. The number of benzene rings is 1. The van der Waals surface area contributed by atoms with E-state index in [1.54, 1.807) is 12.1 Å². The van der Waals surface area contributed by atoms with Gasteiger partial charge in [0, 0.05) is 43.4 Å². The van der Waals surface area contributed by atoms with Gasteiger partial charge < -0.3 is 10.4 Å². The zero-order chi connectivity index (χ0) is 12.8. The van der Waals surface area contributed by atoms with Crippen LogP contribution >= 0.6 is 11.8 Å². The molecule has 0 amide bonds. The van der Waals surface area contributed by atoms with Gasteiger partial charge >= 0.3 is 5.97 Å². The number of nitrogens with one attached hydrogen (secondary N) is 1. The minimum Gasteiger partial charge on any atom is -0.478 e. The van der Waals surface area contributed by atoms with Crippen molar-refractivity contribution < 1.29 is 9.90 Å². The van der Waals surface area contributed by atoms with Crippen LogP contribution in [0.4, 0.5) is 5.69 Å². The maximum atomic E-state index is 10.7. The highest BCUT2D eigenvalue weighted by molar-refractivity contribution is 7.99. The highest BCUT2D eigenvalue weighted by Gasteiger charge is 2.09. The van der Waals surface area contributed by atoms with Gasteiger partial charge in [-0.2, -0.15) is 11.8 Å². The van der Waals surface area contributed by atoms with Crippen molar-refractivity contribution in [1.82, 2.24) is 4.90 Å². The summed E-state index contributed by atoms with van der Waals surface area (Å²) >= 11 is 2.02. The topological polar surface area (TPSA) is 52.6 Å². The summed E-state index contributed by atoms with van der Waals surface area (Å²) < 4.78 is 0. The number of rotatable bonds is 5. The number of thioether (sulfide) groups is 1. The molecule has 0 aromatic heterocycles. The first-order chi connectivity index (χ1) is 8.75.